The van der Waals surface area contributed by atoms with Gasteiger partial charge in [-0.15, -0.1) is 0 Å². The molecule has 1 rings (SSSR count). The average molecular weight is 323 g/mol. The second-order valence-corrected chi connectivity index (χ2v) is 4.59. The lowest BCUT2D eigenvalue weighted by molar-refractivity contribution is -0.146. The number of aliphatic carboxylic acids is 1. The maximum Gasteiger partial charge on any atom is 0.337 e. The number of hydrogen-bond donors (Lipinski definition) is 2. The zero-order valence-electron chi connectivity index (χ0n) is 9.44. The van der Waals surface area contributed by atoms with E-state index in [-0.39, 0.29) is 11.1 Å². The van der Waals surface area contributed by atoms with Crippen LogP contribution in [0.5, 0.6) is 0 Å². The Bertz CT molecular complexity index is 424. The van der Waals surface area contributed by atoms with Crippen LogP contribution in [-0.2, 0) is 11.2 Å². The number of hydrogen-bond acceptors (Lipinski definition) is 2. The van der Waals surface area contributed by atoms with Crippen molar-refractivity contribution in [2.75, 3.05) is 5.33 Å². The second kappa shape index (κ2) is 6.80. The van der Waals surface area contributed by atoms with Gasteiger partial charge in [0.1, 0.15) is 0 Å². The Hall–Kier alpha value is -1.01. The minimum Gasteiger partial charge on any atom is -0.479 e. The molecule has 0 aliphatic heterocycles. The Morgan fingerprint density at radius 2 is 2.06 bits per heavy atom. The molecule has 18 heavy (non-hydrogen) atoms. The van der Waals surface area contributed by atoms with E-state index in [1.165, 1.54) is 18.2 Å². The van der Waals surface area contributed by atoms with Gasteiger partial charge in [0.2, 0.25) is 0 Å². The molecule has 2 N–H and O–H groups in total. The molecule has 1 aromatic rings. The van der Waals surface area contributed by atoms with Gasteiger partial charge in [0, 0.05) is 10.9 Å². The van der Waals surface area contributed by atoms with Crippen LogP contribution in [0.1, 0.15) is 35.6 Å². The van der Waals surface area contributed by atoms with Crippen molar-refractivity contribution in [3.05, 3.63) is 34.9 Å². The van der Waals surface area contributed by atoms with Crippen LogP contribution in [0, 0.1) is 0 Å². The minimum absolute atomic E-state index is 0.114. The van der Waals surface area contributed by atoms with Crippen molar-refractivity contribution in [1.29, 1.82) is 0 Å². The van der Waals surface area contributed by atoms with Gasteiger partial charge < -0.3 is 10.2 Å². The van der Waals surface area contributed by atoms with Gasteiger partial charge >= 0.3 is 5.97 Å². The summed E-state index contributed by atoms with van der Waals surface area (Å²) in [6, 6.07) is 3.73. The molecule has 0 radical (unpaired) electrons. The normalized spacial score (nSPS) is 12.7. The Morgan fingerprint density at radius 3 is 2.56 bits per heavy atom. The number of aryl methyl sites for hydroxylation is 1. The zero-order chi connectivity index (χ0) is 13.7. The van der Waals surface area contributed by atoms with Crippen LogP contribution in [0.25, 0.3) is 0 Å². The first-order valence-corrected chi connectivity index (χ1v) is 6.47. The molecule has 100 valence electrons. The van der Waals surface area contributed by atoms with E-state index in [4.69, 9.17) is 5.11 Å². The molecule has 0 bridgehead atoms. The first kappa shape index (κ1) is 15.0. The van der Waals surface area contributed by atoms with Crippen molar-refractivity contribution in [1.82, 2.24) is 0 Å². The maximum atomic E-state index is 12.8. The highest BCUT2D eigenvalue weighted by atomic mass is 79.9. The number of halogens is 3. The fourth-order valence-corrected chi connectivity index (χ4v) is 1.91. The van der Waals surface area contributed by atoms with Crippen molar-refractivity contribution >= 4 is 21.9 Å². The first-order valence-electron chi connectivity index (χ1n) is 5.35. The first-order chi connectivity index (χ1) is 8.47. The molecular formula is C12H13BrF2O3. The van der Waals surface area contributed by atoms with E-state index in [2.05, 4.69) is 15.9 Å². The van der Waals surface area contributed by atoms with Crippen LogP contribution in [0.2, 0.25) is 0 Å². The number of alkyl halides is 3. The van der Waals surface area contributed by atoms with Gasteiger partial charge in [0.15, 0.2) is 6.10 Å². The Balaban J connectivity index is 3.08. The van der Waals surface area contributed by atoms with Crippen molar-refractivity contribution in [3.63, 3.8) is 0 Å². The lowest BCUT2D eigenvalue weighted by atomic mass is 9.98. The van der Waals surface area contributed by atoms with E-state index < -0.39 is 18.5 Å². The van der Waals surface area contributed by atoms with E-state index in [0.29, 0.717) is 23.7 Å². The van der Waals surface area contributed by atoms with E-state index in [1.54, 1.807) is 0 Å². The summed E-state index contributed by atoms with van der Waals surface area (Å²) in [5.74, 6) is -1.40. The van der Waals surface area contributed by atoms with Gasteiger partial charge in [-0.05, 0) is 24.0 Å². The second-order valence-electron chi connectivity index (χ2n) is 3.79. The van der Waals surface area contributed by atoms with Crippen LogP contribution in [0.3, 0.4) is 0 Å². The van der Waals surface area contributed by atoms with Crippen molar-refractivity contribution < 1.29 is 23.8 Å². The summed E-state index contributed by atoms with van der Waals surface area (Å²) >= 11 is 3.21. The van der Waals surface area contributed by atoms with E-state index in [9.17, 15) is 18.7 Å². The van der Waals surface area contributed by atoms with Gasteiger partial charge in [-0.1, -0.05) is 34.1 Å². The SMILES string of the molecule is O=C(O)C(O)c1ccc(C(F)F)c(CCCBr)c1. The highest BCUT2D eigenvalue weighted by molar-refractivity contribution is 9.09. The van der Waals surface area contributed by atoms with Gasteiger partial charge in [-0.2, -0.15) is 0 Å². The summed E-state index contributed by atoms with van der Waals surface area (Å²) < 4.78 is 25.5. The third-order valence-corrected chi connectivity index (χ3v) is 3.09. The molecule has 0 fully saturated rings. The van der Waals surface area contributed by atoms with Crippen molar-refractivity contribution in [3.8, 4) is 0 Å². The Kier molecular flexibility index (Phi) is 5.68. The van der Waals surface area contributed by atoms with Gasteiger partial charge in [0.05, 0.1) is 0 Å². The molecule has 0 aromatic heterocycles. The van der Waals surface area contributed by atoms with E-state index >= 15 is 0 Å². The highest BCUT2D eigenvalue weighted by Gasteiger charge is 2.19. The van der Waals surface area contributed by atoms with Crippen LogP contribution in [-0.4, -0.2) is 21.5 Å². The summed E-state index contributed by atoms with van der Waals surface area (Å²) in [4.78, 5) is 10.6. The highest BCUT2D eigenvalue weighted by Crippen LogP contribution is 2.27. The van der Waals surface area contributed by atoms with E-state index in [1.807, 2.05) is 0 Å². The molecule has 0 aliphatic rings. The fraction of sp³-hybridized carbons (Fsp3) is 0.417. The molecule has 6 heteroatoms. The smallest absolute Gasteiger partial charge is 0.337 e. The van der Waals surface area contributed by atoms with Crippen LogP contribution >= 0.6 is 15.9 Å². The molecule has 1 atom stereocenters. The van der Waals surface area contributed by atoms with Gasteiger partial charge in [-0.3, -0.25) is 0 Å². The number of carbonyl (C=O) groups is 1. The van der Waals surface area contributed by atoms with Gasteiger partial charge in [0.25, 0.3) is 6.43 Å². The zero-order valence-corrected chi connectivity index (χ0v) is 11.0. The molecule has 0 aliphatic carbocycles. The number of carboxylic acid groups (broad SMARTS) is 1. The molecule has 1 aromatic carbocycles. The molecule has 0 saturated carbocycles. The standard InChI is InChI=1S/C12H13BrF2O3/c13-5-1-2-7-6-8(10(16)12(17)18)3-4-9(7)11(14)15/h3-4,6,10-11,16H,1-2,5H2,(H,17,18). The minimum atomic E-state index is -2.61. The quantitative estimate of drug-likeness (QED) is 0.791. The van der Waals surface area contributed by atoms with Crippen LogP contribution in [0.4, 0.5) is 8.78 Å². The summed E-state index contributed by atoms with van der Waals surface area (Å²) in [7, 11) is 0. The molecule has 1 unspecified atom stereocenters. The third-order valence-electron chi connectivity index (χ3n) is 2.53. The Labute approximate surface area is 112 Å². The lowest BCUT2D eigenvalue weighted by Crippen LogP contribution is -2.11. The largest absolute Gasteiger partial charge is 0.479 e. The lowest BCUT2D eigenvalue weighted by Gasteiger charge is -2.12. The number of aliphatic hydroxyl groups is 1. The van der Waals surface area contributed by atoms with Crippen molar-refractivity contribution in [2.45, 2.75) is 25.4 Å². The molecule has 0 spiro atoms. The number of carboxylic acids is 1. The fourth-order valence-electron chi connectivity index (χ4n) is 1.62. The summed E-state index contributed by atoms with van der Waals surface area (Å²) in [5, 5.41) is 18.7. The number of aliphatic hydroxyl groups excluding tert-OH is 1. The van der Waals surface area contributed by atoms with Gasteiger partial charge in [-0.25, -0.2) is 13.6 Å². The molecule has 0 amide bonds. The number of benzene rings is 1. The molecule has 0 heterocycles. The number of rotatable bonds is 6. The third kappa shape index (κ3) is 3.74. The Morgan fingerprint density at radius 1 is 1.39 bits per heavy atom. The summed E-state index contributed by atoms with van der Waals surface area (Å²) in [6.45, 7) is 0. The summed E-state index contributed by atoms with van der Waals surface area (Å²) in [6.07, 6.45) is -3.22. The van der Waals surface area contributed by atoms with E-state index in [0.717, 1.165) is 0 Å². The maximum absolute atomic E-state index is 12.8. The molecule has 3 nitrogen and oxygen atoms in total. The predicted molar refractivity (Wildman–Crippen MR) is 66.1 cm³/mol. The topological polar surface area (TPSA) is 57.5 Å². The monoisotopic (exact) mass is 322 g/mol. The summed E-state index contributed by atoms with van der Waals surface area (Å²) in [5.41, 5.74) is 0.385. The molecular weight excluding hydrogens is 310 g/mol. The average Bonchev–Trinajstić information content (AvgIpc) is 2.34. The van der Waals surface area contributed by atoms with Crippen molar-refractivity contribution in [2.24, 2.45) is 0 Å². The van der Waals surface area contributed by atoms with Crippen LogP contribution in [0.15, 0.2) is 18.2 Å². The van der Waals surface area contributed by atoms with Crippen LogP contribution < -0.4 is 0 Å². The predicted octanol–water partition coefficient (Wildman–Crippen LogP) is 3.07. The molecule has 0 saturated heterocycles.